The maximum Gasteiger partial charge on any atom is 0.413 e. The second kappa shape index (κ2) is 3.36. The van der Waals surface area contributed by atoms with E-state index in [4.69, 9.17) is 9.47 Å². The lowest BCUT2D eigenvalue weighted by Crippen LogP contribution is -2.40. The van der Waals surface area contributed by atoms with Gasteiger partial charge in [0.2, 0.25) is 0 Å². The van der Waals surface area contributed by atoms with E-state index in [1.54, 1.807) is 4.90 Å². The molecule has 2 aliphatic rings. The van der Waals surface area contributed by atoms with E-state index >= 15 is 0 Å². The number of ether oxygens (including phenoxy) is 2. The molecule has 0 radical (unpaired) electrons. The van der Waals surface area contributed by atoms with E-state index in [0.29, 0.717) is 13.2 Å². The number of nitrogens with zero attached hydrogens (tertiary/aromatic N) is 1. The molecule has 4 heteroatoms. The Balaban J connectivity index is 2.13. The lowest BCUT2D eigenvalue weighted by molar-refractivity contribution is 0.0267. The van der Waals surface area contributed by atoms with Gasteiger partial charge < -0.3 is 9.47 Å². The first-order chi connectivity index (χ1) is 6.68. The monoisotopic (exact) mass is 195 g/mol. The molecule has 76 valence electrons. The van der Waals surface area contributed by atoms with Crippen molar-refractivity contribution in [1.82, 2.24) is 4.90 Å². The van der Waals surface area contributed by atoms with Gasteiger partial charge in [0, 0.05) is 0 Å². The van der Waals surface area contributed by atoms with Gasteiger partial charge in [-0.1, -0.05) is 6.58 Å². The standard InChI is InChI=1S/C10H13NO3/c1-7-3-4-8(2)14-9(7)11-5-6-13-10(11)12/h4,9H,1,3,5-6H2,2H3. The normalized spacial score (nSPS) is 27.1. The fourth-order valence-corrected chi connectivity index (χ4v) is 1.59. The van der Waals surface area contributed by atoms with Crippen molar-refractivity contribution in [3.05, 3.63) is 24.0 Å². The fourth-order valence-electron chi connectivity index (χ4n) is 1.59. The van der Waals surface area contributed by atoms with Crippen LogP contribution in [0.4, 0.5) is 4.79 Å². The Bertz CT molecular complexity index is 308. The second-order valence-corrected chi connectivity index (χ2v) is 3.46. The molecule has 0 spiro atoms. The van der Waals surface area contributed by atoms with Crippen LogP contribution in [-0.2, 0) is 9.47 Å². The molecule has 1 atom stereocenters. The summed E-state index contributed by atoms with van der Waals surface area (Å²) in [6, 6.07) is 0. The zero-order valence-electron chi connectivity index (χ0n) is 8.16. The number of hydrogen-bond acceptors (Lipinski definition) is 3. The smallest absolute Gasteiger partial charge is 0.413 e. The van der Waals surface area contributed by atoms with Gasteiger partial charge in [-0.2, -0.15) is 0 Å². The Kier molecular flexibility index (Phi) is 2.19. The van der Waals surface area contributed by atoms with Crippen molar-refractivity contribution in [2.75, 3.05) is 13.2 Å². The minimum absolute atomic E-state index is 0.314. The van der Waals surface area contributed by atoms with Crippen LogP contribution >= 0.6 is 0 Å². The minimum atomic E-state index is -0.338. The average Bonchev–Trinajstić information content (AvgIpc) is 2.56. The highest BCUT2D eigenvalue weighted by Gasteiger charge is 2.33. The van der Waals surface area contributed by atoms with Crippen molar-refractivity contribution in [2.24, 2.45) is 0 Å². The van der Waals surface area contributed by atoms with Gasteiger partial charge in [-0.3, -0.25) is 4.90 Å². The molecule has 1 fully saturated rings. The van der Waals surface area contributed by atoms with E-state index in [9.17, 15) is 4.79 Å². The second-order valence-electron chi connectivity index (χ2n) is 3.46. The molecule has 0 bridgehead atoms. The molecule has 14 heavy (non-hydrogen) atoms. The predicted molar refractivity (Wildman–Crippen MR) is 50.4 cm³/mol. The third-order valence-electron chi connectivity index (χ3n) is 2.37. The Hall–Kier alpha value is -1.45. The topological polar surface area (TPSA) is 38.8 Å². The molecule has 1 unspecified atom stereocenters. The zero-order valence-corrected chi connectivity index (χ0v) is 8.16. The lowest BCUT2D eigenvalue weighted by Gasteiger charge is -2.30. The maximum atomic E-state index is 11.3. The highest BCUT2D eigenvalue weighted by atomic mass is 16.6. The molecule has 0 aromatic carbocycles. The molecule has 2 rings (SSSR count). The summed E-state index contributed by atoms with van der Waals surface area (Å²) in [6.07, 6.45) is 2.07. The summed E-state index contributed by atoms with van der Waals surface area (Å²) >= 11 is 0. The highest BCUT2D eigenvalue weighted by Crippen LogP contribution is 2.25. The van der Waals surface area contributed by atoms with Crippen LogP contribution in [0, 0.1) is 0 Å². The number of cyclic esters (lactones) is 1. The summed E-state index contributed by atoms with van der Waals surface area (Å²) in [6.45, 7) is 6.78. The number of amides is 1. The molecule has 0 saturated carbocycles. The molecule has 0 aromatic heterocycles. The molecular formula is C10H13NO3. The van der Waals surface area contributed by atoms with Gasteiger partial charge in [-0.25, -0.2) is 4.79 Å². The number of hydrogen-bond donors (Lipinski definition) is 0. The molecule has 2 heterocycles. The summed E-state index contributed by atoms with van der Waals surface area (Å²) in [5, 5.41) is 0. The van der Waals surface area contributed by atoms with E-state index < -0.39 is 0 Å². The first-order valence-electron chi connectivity index (χ1n) is 4.63. The molecule has 0 aliphatic carbocycles. The van der Waals surface area contributed by atoms with Crippen molar-refractivity contribution in [3.8, 4) is 0 Å². The van der Waals surface area contributed by atoms with Gasteiger partial charge in [-0.05, 0) is 25.0 Å². The van der Waals surface area contributed by atoms with Crippen LogP contribution in [0.3, 0.4) is 0 Å². The van der Waals surface area contributed by atoms with Gasteiger partial charge in [0.1, 0.15) is 6.61 Å². The molecule has 1 amide bonds. The van der Waals surface area contributed by atoms with E-state index in [-0.39, 0.29) is 12.3 Å². The summed E-state index contributed by atoms with van der Waals surface area (Å²) in [4.78, 5) is 12.9. The largest absolute Gasteiger partial charge is 0.471 e. The van der Waals surface area contributed by atoms with Gasteiger partial charge in [0.05, 0.1) is 12.3 Å². The fraction of sp³-hybridized carbons (Fsp3) is 0.500. The molecule has 1 saturated heterocycles. The Morgan fingerprint density at radius 2 is 2.43 bits per heavy atom. The minimum Gasteiger partial charge on any atom is -0.471 e. The third kappa shape index (κ3) is 1.47. The van der Waals surface area contributed by atoms with Crippen LogP contribution in [0.5, 0.6) is 0 Å². The summed E-state index contributed by atoms with van der Waals surface area (Å²) in [7, 11) is 0. The third-order valence-corrected chi connectivity index (χ3v) is 2.37. The van der Waals surface area contributed by atoms with E-state index in [1.165, 1.54) is 0 Å². The van der Waals surface area contributed by atoms with Gasteiger partial charge in [0.25, 0.3) is 0 Å². The number of rotatable bonds is 1. The van der Waals surface area contributed by atoms with Crippen LogP contribution in [0.2, 0.25) is 0 Å². The molecule has 2 aliphatic heterocycles. The van der Waals surface area contributed by atoms with Crippen LogP contribution in [-0.4, -0.2) is 30.4 Å². The van der Waals surface area contributed by atoms with Crippen molar-refractivity contribution < 1.29 is 14.3 Å². The summed E-state index contributed by atoms with van der Waals surface area (Å²) < 4.78 is 10.4. The average molecular weight is 195 g/mol. The molecule has 0 N–H and O–H groups in total. The Labute approximate surface area is 82.8 Å². The van der Waals surface area contributed by atoms with Crippen molar-refractivity contribution in [3.63, 3.8) is 0 Å². The van der Waals surface area contributed by atoms with Crippen LogP contribution in [0.15, 0.2) is 24.0 Å². The van der Waals surface area contributed by atoms with Crippen molar-refractivity contribution in [2.45, 2.75) is 19.6 Å². The van der Waals surface area contributed by atoms with Crippen LogP contribution in [0.25, 0.3) is 0 Å². The van der Waals surface area contributed by atoms with E-state index in [0.717, 1.165) is 17.8 Å². The summed E-state index contributed by atoms with van der Waals surface area (Å²) in [5.74, 6) is 0.835. The van der Waals surface area contributed by atoms with Crippen LogP contribution < -0.4 is 0 Å². The molecule has 0 aromatic rings. The SMILES string of the molecule is C=C1CC=C(C)OC1N1CCOC1=O. The van der Waals surface area contributed by atoms with Gasteiger partial charge >= 0.3 is 6.09 Å². The quantitative estimate of drug-likeness (QED) is 0.597. The molecule has 4 nitrogen and oxygen atoms in total. The van der Waals surface area contributed by atoms with E-state index in [2.05, 4.69) is 6.58 Å². The highest BCUT2D eigenvalue weighted by molar-refractivity contribution is 5.70. The van der Waals surface area contributed by atoms with Crippen molar-refractivity contribution >= 4 is 6.09 Å². The van der Waals surface area contributed by atoms with Gasteiger partial charge in [0.15, 0.2) is 6.23 Å². The maximum absolute atomic E-state index is 11.3. The number of carbonyl (C=O) groups is 1. The Morgan fingerprint density at radius 3 is 3.07 bits per heavy atom. The lowest BCUT2D eigenvalue weighted by atomic mass is 10.1. The number of carbonyl (C=O) groups excluding carboxylic acids is 1. The van der Waals surface area contributed by atoms with Gasteiger partial charge in [-0.15, -0.1) is 0 Å². The predicted octanol–water partition coefficient (Wildman–Crippen LogP) is 1.65. The zero-order chi connectivity index (χ0) is 10.1. The summed E-state index contributed by atoms with van der Waals surface area (Å²) in [5.41, 5.74) is 0.898. The number of allylic oxidation sites excluding steroid dienone is 2. The van der Waals surface area contributed by atoms with Crippen molar-refractivity contribution in [1.29, 1.82) is 0 Å². The first kappa shape index (κ1) is 9.12. The Morgan fingerprint density at radius 1 is 1.64 bits per heavy atom. The molecular weight excluding hydrogens is 182 g/mol. The first-order valence-corrected chi connectivity index (χ1v) is 4.63. The van der Waals surface area contributed by atoms with E-state index in [1.807, 2.05) is 13.0 Å². The van der Waals surface area contributed by atoms with Crippen LogP contribution in [0.1, 0.15) is 13.3 Å².